The molecule has 3 rings (SSSR count). The molecule has 0 spiro atoms. The number of benzene rings is 2. The number of amides is 3. The van der Waals surface area contributed by atoms with Gasteiger partial charge < -0.3 is 25.6 Å². The van der Waals surface area contributed by atoms with Gasteiger partial charge in [-0.1, -0.05) is 6.07 Å². The van der Waals surface area contributed by atoms with Crippen LogP contribution in [0.2, 0.25) is 0 Å². The van der Waals surface area contributed by atoms with Crippen LogP contribution in [0.4, 0.5) is 26.2 Å². The molecule has 0 unspecified atom stereocenters. The molecule has 2 aromatic carbocycles. The van der Waals surface area contributed by atoms with Crippen LogP contribution in [0.3, 0.4) is 0 Å². The number of halogens is 1. The molecular weight excluding hydrogens is 339 g/mol. The standard InChI is InChI=1S/C18H19FN4O3/c1-23(2)13-5-3-4-12(9-13)20-18(25)22-15-10-26-16-8-11(19)6-7-14(16)21-17(15)24/h3-9,15H,10H2,1-2H3,(H,21,24)(H2,20,22,25)/t15-/m1/s1. The molecule has 1 aliphatic heterocycles. The van der Waals surface area contributed by atoms with Crippen molar-refractivity contribution in [2.75, 3.05) is 36.2 Å². The highest BCUT2D eigenvalue weighted by Gasteiger charge is 2.26. The van der Waals surface area contributed by atoms with E-state index in [1.54, 1.807) is 6.07 Å². The summed E-state index contributed by atoms with van der Waals surface area (Å²) in [7, 11) is 3.79. The zero-order valence-electron chi connectivity index (χ0n) is 14.4. The molecule has 3 amide bonds. The second-order valence-corrected chi connectivity index (χ2v) is 6.04. The van der Waals surface area contributed by atoms with Gasteiger partial charge in [-0.05, 0) is 30.3 Å². The fraction of sp³-hybridized carbons (Fsp3) is 0.222. The minimum absolute atomic E-state index is 0.104. The largest absolute Gasteiger partial charge is 0.489 e. The van der Waals surface area contributed by atoms with Gasteiger partial charge in [0, 0.05) is 31.5 Å². The number of rotatable bonds is 3. The molecule has 7 nitrogen and oxygen atoms in total. The third-order valence-corrected chi connectivity index (χ3v) is 3.85. The lowest BCUT2D eigenvalue weighted by atomic mass is 10.2. The van der Waals surface area contributed by atoms with Gasteiger partial charge in [-0.25, -0.2) is 9.18 Å². The maximum Gasteiger partial charge on any atom is 0.320 e. The molecule has 0 aromatic heterocycles. The van der Waals surface area contributed by atoms with Gasteiger partial charge in [-0.3, -0.25) is 4.79 Å². The van der Waals surface area contributed by atoms with E-state index in [0.717, 1.165) is 5.69 Å². The highest BCUT2D eigenvalue weighted by molar-refractivity contribution is 6.00. The molecule has 0 bridgehead atoms. The van der Waals surface area contributed by atoms with Crippen LogP contribution in [0.15, 0.2) is 42.5 Å². The summed E-state index contributed by atoms with van der Waals surface area (Å²) in [5.41, 5.74) is 1.88. The molecule has 26 heavy (non-hydrogen) atoms. The number of ether oxygens (including phenoxy) is 1. The molecule has 8 heteroatoms. The summed E-state index contributed by atoms with van der Waals surface area (Å²) in [5.74, 6) is -0.683. The normalized spacial score (nSPS) is 15.8. The molecule has 1 heterocycles. The third kappa shape index (κ3) is 4.02. The Morgan fingerprint density at radius 2 is 2.08 bits per heavy atom. The number of nitrogens with zero attached hydrogens (tertiary/aromatic N) is 1. The number of nitrogens with one attached hydrogen (secondary N) is 3. The summed E-state index contributed by atoms with van der Waals surface area (Å²) in [6.07, 6.45) is 0. The SMILES string of the molecule is CN(C)c1cccc(NC(=O)N[C@@H]2COc3cc(F)ccc3NC2=O)c1. The van der Waals surface area contributed by atoms with Crippen molar-refractivity contribution in [1.29, 1.82) is 0 Å². The number of hydrogen-bond donors (Lipinski definition) is 3. The van der Waals surface area contributed by atoms with Gasteiger partial charge in [0.1, 0.15) is 24.2 Å². The van der Waals surface area contributed by atoms with Gasteiger partial charge in [0.05, 0.1) is 5.69 Å². The number of urea groups is 1. The smallest absolute Gasteiger partial charge is 0.320 e. The Kier molecular flexibility index (Phi) is 4.92. The van der Waals surface area contributed by atoms with Crippen molar-refractivity contribution < 1.29 is 18.7 Å². The number of hydrogen-bond acceptors (Lipinski definition) is 4. The summed E-state index contributed by atoms with van der Waals surface area (Å²) in [6, 6.07) is 9.65. The van der Waals surface area contributed by atoms with Crippen LogP contribution >= 0.6 is 0 Å². The first-order chi connectivity index (χ1) is 12.4. The van der Waals surface area contributed by atoms with Gasteiger partial charge in [-0.15, -0.1) is 0 Å². The van der Waals surface area contributed by atoms with Crippen LogP contribution in [-0.4, -0.2) is 38.7 Å². The molecule has 2 aromatic rings. The van der Waals surface area contributed by atoms with E-state index in [9.17, 15) is 14.0 Å². The van der Waals surface area contributed by atoms with Crippen molar-refractivity contribution in [3.8, 4) is 5.75 Å². The minimum atomic E-state index is -0.914. The first kappa shape index (κ1) is 17.5. The molecule has 1 atom stereocenters. The van der Waals surface area contributed by atoms with Crippen LogP contribution in [0.25, 0.3) is 0 Å². The summed E-state index contributed by atoms with van der Waals surface area (Å²) in [4.78, 5) is 26.4. The van der Waals surface area contributed by atoms with Gasteiger partial charge in [0.25, 0.3) is 5.91 Å². The zero-order valence-corrected chi connectivity index (χ0v) is 14.4. The highest BCUT2D eigenvalue weighted by Crippen LogP contribution is 2.27. The van der Waals surface area contributed by atoms with E-state index in [2.05, 4.69) is 16.0 Å². The number of anilines is 3. The fourth-order valence-electron chi connectivity index (χ4n) is 2.48. The van der Waals surface area contributed by atoms with E-state index in [1.807, 2.05) is 37.2 Å². The van der Waals surface area contributed by atoms with E-state index < -0.39 is 23.8 Å². The predicted octanol–water partition coefficient (Wildman–Crippen LogP) is 2.41. The predicted molar refractivity (Wildman–Crippen MR) is 97.2 cm³/mol. The van der Waals surface area contributed by atoms with Crippen molar-refractivity contribution in [3.05, 3.63) is 48.3 Å². The number of fused-ring (bicyclic) bond motifs is 1. The first-order valence-electron chi connectivity index (χ1n) is 8.00. The molecule has 0 fully saturated rings. The summed E-state index contributed by atoms with van der Waals surface area (Å²) >= 11 is 0. The summed E-state index contributed by atoms with van der Waals surface area (Å²) < 4.78 is 18.7. The topological polar surface area (TPSA) is 82.7 Å². The van der Waals surface area contributed by atoms with E-state index in [-0.39, 0.29) is 12.4 Å². The van der Waals surface area contributed by atoms with Crippen molar-refractivity contribution in [2.45, 2.75) is 6.04 Å². The summed E-state index contributed by atoms with van der Waals surface area (Å²) in [5, 5.41) is 7.86. The molecule has 0 radical (unpaired) electrons. The van der Waals surface area contributed by atoms with Crippen LogP contribution in [0, 0.1) is 5.82 Å². The van der Waals surface area contributed by atoms with Crippen molar-refractivity contribution in [2.24, 2.45) is 0 Å². The Bertz CT molecular complexity index is 841. The quantitative estimate of drug-likeness (QED) is 0.787. The highest BCUT2D eigenvalue weighted by atomic mass is 19.1. The van der Waals surface area contributed by atoms with Crippen molar-refractivity contribution in [3.63, 3.8) is 0 Å². The Hall–Kier alpha value is -3.29. The maximum absolute atomic E-state index is 13.3. The molecule has 0 saturated carbocycles. The van der Waals surface area contributed by atoms with Crippen LogP contribution < -0.4 is 25.6 Å². The Balaban J connectivity index is 1.64. The van der Waals surface area contributed by atoms with Crippen molar-refractivity contribution >= 4 is 29.0 Å². The van der Waals surface area contributed by atoms with E-state index in [0.29, 0.717) is 11.4 Å². The average molecular weight is 358 g/mol. The molecule has 0 aliphatic carbocycles. The first-order valence-corrected chi connectivity index (χ1v) is 8.00. The van der Waals surface area contributed by atoms with Crippen molar-refractivity contribution in [1.82, 2.24) is 5.32 Å². The van der Waals surface area contributed by atoms with Gasteiger partial charge >= 0.3 is 6.03 Å². The lowest BCUT2D eigenvalue weighted by Crippen LogP contribution is -2.48. The van der Waals surface area contributed by atoms with Gasteiger partial charge in [0.15, 0.2) is 0 Å². The Labute approximate surface area is 150 Å². The van der Waals surface area contributed by atoms with Gasteiger partial charge in [-0.2, -0.15) is 0 Å². The Morgan fingerprint density at radius 1 is 1.27 bits per heavy atom. The van der Waals surface area contributed by atoms with Crippen LogP contribution in [-0.2, 0) is 4.79 Å². The molecule has 0 saturated heterocycles. The third-order valence-electron chi connectivity index (χ3n) is 3.85. The average Bonchev–Trinajstić information content (AvgIpc) is 2.74. The zero-order chi connectivity index (χ0) is 18.7. The maximum atomic E-state index is 13.3. The van der Waals surface area contributed by atoms with E-state index in [4.69, 9.17) is 4.74 Å². The number of carbonyl (C=O) groups is 2. The van der Waals surface area contributed by atoms with E-state index in [1.165, 1.54) is 18.2 Å². The monoisotopic (exact) mass is 358 g/mol. The second kappa shape index (κ2) is 7.30. The lowest BCUT2D eigenvalue weighted by molar-refractivity contribution is -0.118. The molecular formula is C18H19FN4O3. The van der Waals surface area contributed by atoms with Crippen LogP contribution in [0.5, 0.6) is 5.75 Å². The molecule has 1 aliphatic rings. The number of carbonyl (C=O) groups excluding carboxylic acids is 2. The van der Waals surface area contributed by atoms with Crippen LogP contribution in [0.1, 0.15) is 0 Å². The fourth-order valence-corrected chi connectivity index (χ4v) is 2.48. The molecule has 136 valence electrons. The summed E-state index contributed by atoms with van der Waals surface area (Å²) in [6.45, 7) is -0.104. The minimum Gasteiger partial charge on any atom is -0.489 e. The Morgan fingerprint density at radius 3 is 2.85 bits per heavy atom. The second-order valence-electron chi connectivity index (χ2n) is 6.04. The molecule has 3 N–H and O–H groups in total. The van der Waals surface area contributed by atoms with E-state index >= 15 is 0 Å². The lowest BCUT2D eigenvalue weighted by Gasteiger charge is -2.17. The van der Waals surface area contributed by atoms with Gasteiger partial charge in [0.2, 0.25) is 0 Å².